The number of hydrogen-bond donors (Lipinski definition) is 1. The zero-order valence-corrected chi connectivity index (χ0v) is 17.3. The van der Waals surface area contributed by atoms with Crippen molar-refractivity contribution in [1.29, 1.82) is 0 Å². The fourth-order valence-corrected chi connectivity index (χ4v) is 3.68. The molecular formula is C24H30N2O3. The maximum Gasteiger partial charge on any atom is 0.227 e. The van der Waals surface area contributed by atoms with Gasteiger partial charge in [0.05, 0.1) is 20.6 Å². The number of hydrogen-bond acceptors (Lipinski definition) is 4. The molecule has 5 nitrogen and oxygen atoms in total. The Morgan fingerprint density at radius 2 is 1.69 bits per heavy atom. The third-order valence-electron chi connectivity index (χ3n) is 5.34. The molecule has 0 saturated carbocycles. The lowest BCUT2D eigenvalue weighted by atomic mass is 10.0. The Bertz CT molecular complexity index is 826. The van der Waals surface area contributed by atoms with Crippen LogP contribution in [-0.4, -0.2) is 50.7 Å². The summed E-state index contributed by atoms with van der Waals surface area (Å²) in [4.78, 5) is 14.6. The molecule has 0 aliphatic carbocycles. The summed E-state index contributed by atoms with van der Waals surface area (Å²) < 4.78 is 10.7. The maximum absolute atomic E-state index is 12.6. The second-order valence-corrected chi connectivity index (χ2v) is 7.20. The first-order valence-corrected chi connectivity index (χ1v) is 10.1. The summed E-state index contributed by atoms with van der Waals surface area (Å²) in [6.45, 7) is 2.39. The summed E-state index contributed by atoms with van der Waals surface area (Å²) in [5.41, 5.74) is 2.02. The van der Waals surface area contributed by atoms with E-state index in [0.29, 0.717) is 12.5 Å². The molecule has 0 spiro atoms. The molecule has 1 heterocycles. The van der Waals surface area contributed by atoms with Crippen LogP contribution in [0.25, 0.3) is 6.08 Å². The number of carbonyl (C=O) groups is 1. The zero-order valence-electron chi connectivity index (χ0n) is 17.3. The van der Waals surface area contributed by atoms with E-state index in [1.54, 1.807) is 14.2 Å². The predicted octanol–water partition coefficient (Wildman–Crippen LogP) is 3.54. The largest absolute Gasteiger partial charge is 0.496 e. The smallest absolute Gasteiger partial charge is 0.227 e. The number of nitrogens with zero attached hydrogens (tertiary/aromatic N) is 1. The molecule has 1 saturated heterocycles. The average molecular weight is 395 g/mol. The summed E-state index contributed by atoms with van der Waals surface area (Å²) in [5, 5.41) is 3.57. The van der Waals surface area contributed by atoms with E-state index in [9.17, 15) is 4.79 Å². The summed E-state index contributed by atoms with van der Waals surface area (Å²) in [7, 11) is 3.33. The van der Waals surface area contributed by atoms with E-state index < -0.39 is 0 Å². The minimum absolute atomic E-state index is 0.170. The first-order chi connectivity index (χ1) is 14.2. The Balaban J connectivity index is 1.42. The van der Waals surface area contributed by atoms with Crippen LogP contribution in [0.1, 0.15) is 24.0 Å². The van der Waals surface area contributed by atoms with Gasteiger partial charge in [-0.05, 0) is 25.0 Å². The van der Waals surface area contributed by atoms with Gasteiger partial charge in [0.25, 0.3) is 0 Å². The highest BCUT2D eigenvalue weighted by Gasteiger charge is 2.22. The topological polar surface area (TPSA) is 50.8 Å². The van der Waals surface area contributed by atoms with E-state index in [-0.39, 0.29) is 5.91 Å². The van der Waals surface area contributed by atoms with Crippen molar-refractivity contribution in [3.8, 4) is 11.5 Å². The van der Waals surface area contributed by atoms with Crippen LogP contribution in [0.5, 0.6) is 11.5 Å². The average Bonchev–Trinajstić information content (AvgIpc) is 2.77. The number of methoxy groups -OCH3 is 2. The first kappa shape index (κ1) is 20.9. The monoisotopic (exact) mass is 394 g/mol. The van der Waals surface area contributed by atoms with E-state index in [4.69, 9.17) is 9.47 Å². The molecule has 1 aliphatic heterocycles. The lowest BCUT2D eigenvalue weighted by Crippen LogP contribution is -2.45. The number of nitrogens with one attached hydrogen (secondary N) is 1. The fraction of sp³-hybridized carbons (Fsp3) is 0.375. The van der Waals surface area contributed by atoms with Crippen LogP contribution in [0.15, 0.2) is 54.6 Å². The third kappa shape index (κ3) is 5.84. The van der Waals surface area contributed by atoms with Crippen molar-refractivity contribution in [3.63, 3.8) is 0 Å². The molecule has 29 heavy (non-hydrogen) atoms. The van der Waals surface area contributed by atoms with Crippen LogP contribution in [0.2, 0.25) is 0 Å². The van der Waals surface area contributed by atoms with E-state index in [1.165, 1.54) is 0 Å². The fourth-order valence-electron chi connectivity index (χ4n) is 3.68. The Kier molecular flexibility index (Phi) is 7.70. The van der Waals surface area contributed by atoms with Crippen molar-refractivity contribution in [2.75, 3.05) is 33.9 Å². The molecule has 0 unspecified atom stereocenters. The van der Waals surface area contributed by atoms with Crippen LogP contribution in [0, 0.1) is 0 Å². The van der Waals surface area contributed by atoms with Crippen LogP contribution in [0.4, 0.5) is 0 Å². The van der Waals surface area contributed by atoms with Gasteiger partial charge in [-0.15, -0.1) is 0 Å². The quantitative estimate of drug-likeness (QED) is 0.744. The predicted molar refractivity (Wildman–Crippen MR) is 116 cm³/mol. The number of amides is 1. The van der Waals surface area contributed by atoms with Crippen LogP contribution in [-0.2, 0) is 11.2 Å². The SMILES string of the molecule is COc1ccccc1/C=C/CNC1CCN(C(=O)Cc2ccccc2OC)CC1. The highest BCUT2D eigenvalue weighted by Crippen LogP contribution is 2.20. The second-order valence-electron chi connectivity index (χ2n) is 7.20. The molecule has 2 aromatic carbocycles. The normalized spacial score (nSPS) is 14.9. The zero-order chi connectivity index (χ0) is 20.5. The summed E-state index contributed by atoms with van der Waals surface area (Å²) in [6.07, 6.45) is 6.54. The molecule has 154 valence electrons. The molecule has 1 amide bonds. The number of rotatable bonds is 8. The van der Waals surface area contributed by atoms with Gasteiger partial charge in [0.1, 0.15) is 11.5 Å². The number of benzene rings is 2. The maximum atomic E-state index is 12.6. The molecule has 1 N–H and O–H groups in total. The summed E-state index contributed by atoms with van der Waals surface area (Å²) >= 11 is 0. The van der Waals surface area contributed by atoms with Crippen molar-refractivity contribution >= 4 is 12.0 Å². The molecule has 1 fully saturated rings. The van der Waals surface area contributed by atoms with Crippen LogP contribution < -0.4 is 14.8 Å². The molecule has 1 aliphatic rings. The van der Waals surface area contributed by atoms with Gasteiger partial charge in [0.2, 0.25) is 5.91 Å². The summed E-state index contributed by atoms with van der Waals surface area (Å²) in [5.74, 6) is 1.83. The van der Waals surface area contributed by atoms with Gasteiger partial charge in [-0.3, -0.25) is 4.79 Å². The van der Waals surface area contributed by atoms with Gasteiger partial charge in [-0.2, -0.15) is 0 Å². The molecule has 2 aromatic rings. The van der Waals surface area contributed by atoms with Gasteiger partial charge >= 0.3 is 0 Å². The Morgan fingerprint density at radius 3 is 2.41 bits per heavy atom. The van der Waals surface area contributed by atoms with Gasteiger partial charge in [-0.25, -0.2) is 0 Å². The molecule has 0 radical (unpaired) electrons. The van der Waals surface area contributed by atoms with Gasteiger partial charge < -0.3 is 19.7 Å². The van der Waals surface area contributed by atoms with Crippen molar-refractivity contribution in [3.05, 3.63) is 65.7 Å². The lowest BCUT2D eigenvalue weighted by Gasteiger charge is -2.32. The molecule has 5 heteroatoms. The molecule has 0 atom stereocenters. The Labute approximate surface area is 173 Å². The standard InChI is InChI=1S/C24H30N2O3/c1-28-22-11-5-3-8-19(22)10-7-15-25-21-13-16-26(17-14-21)24(27)18-20-9-4-6-12-23(20)29-2/h3-12,21,25H,13-18H2,1-2H3/b10-7+. The minimum atomic E-state index is 0.170. The van der Waals surface area contributed by atoms with Crippen molar-refractivity contribution in [2.45, 2.75) is 25.3 Å². The first-order valence-electron chi connectivity index (χ1n) is 10.1. The number of para-hydroxylation sites is 2. The lowest BCUT2D eigenvalue weighted by molar-refractivity contribution is -0.131. The van der Waals surface area contributed by atoms with Crippen molar-refractivity contribution < 1.29 is 14.3 Å². The van der Waals surface area contributed by atoms with Gasteiger partial charge in [-0.1, -0.05) is 48.6 Å². The van der Waals surface area contributed by atoms with Crippen molar-refractivity contribution in [1.82, 2.24) is 10.2 Å². The Hall–Kier alpha value is -2.79. The van der Waals surface area contributed by atoms with Crippen LogP contribution >= 0.6 is 0 Å². The van der Waals surface area contributed by atoms with E-state index in [0.717, 1.165) is 55.1 Å². The van der Waals surface area contributed by atoms with Crippen LogP contribution in [0.3, 0.4) is 0 Å². The number of likely N-dealkylation sites (tertiary alicyclic amines) is 1. The van der Waals surface area contributed by atoms with E-state index in [1.807, 2.05) is 53.4 Å². The summed E-state index contributed by atoms with van der Waals surface area (Å²) in [6, 6.07) is 16.1. The van der Waals surface area contributed by atoms with Crippen molar-refractivity contribution in [2.24, 2.45) is 0 Å². The third-order valence-corrected chi connectivity index (χ3v) is 5.34. The Morgan fingerprint density at radius 1 is 1.03 bits per heavy atom. The molecule has 0 bridgehead atoms. The number of ether oxygens (including phenoxy) is 2. The number of piperidine rings is 1. The molecular weight excluding hydrogens is 364 g/mol. The molecule has 0 aromatic heterocycles. The second kappa shape index (κ2) is 10.7. The number of carbonyl (C=O) groups excluding carboxylic acids is 1. The van der Waals surface area contributed by atoms with Gasteiger partial charge in [0, 0.05) is 36.8 Å². The van der Waals surface area contributed by atoms with E-state index in [2.05, 4.69) is 17.5 Å². The molecule has 3 rings (SSSR count). The van der Waals surface area contributed by atoms with Gasteiger partial charge in [0.15, 0.2) is 0 Å². The highest BCUT2D eigenvalue weighted by atomic mass is 16.5. The highest BCUT2D eigenvalue weighted by molar-refractivity contribution is 5.79. The minimum Gasteiger partial charge on any atom is -0.496 e. The van der Waals surface area contributed by atoms with E-state index >= 15 is 0 Å².